The van der Waals surface area contributed by atoms with E-state index in [9.17, 15) is 22.0 Å². The molecule has 1 nitrogen and oxygen atoms in total. The summed E-state index contributed by atoms with van der Waals surface area (Å²) < 4.78 is 67.6. The van der Waals surface area contributed by atoms with Crippen molar-refractivity contribution in [2.24, 2.45) is 5.92 Å². The zero-order valence-corrected chi connectivity index (χ0v) is 18.5. The van der Waals surface area contributed by atoms with Crippen LogP contribution in [0.2, 0.25) is 0 Å². The molecule has 1 aromatic rings. The number of fused-ring (bicyclic) bond motifs is 1. The van der Waals surface area contributed by atoms with Gasteiger partial charge >= 0.3 is 12.1 Å². The van der Waals surface area contributed by atoms with Gasteiger partial charge in [-0.2, -0.15) is 33.7 Å². The Hall–Kier alpha value is -0.980. The number of rotatable bonds is 13. The molecule has 0 fully saturated rings. The second kappa shape index (κ2) is 12.2. The average molecular weight is 453 g/mol. The van der Waals surface area contributed by atoms with Crippen LogP contribution in [0.15, 0.2) is 24.3 Å². The third-order valence-corrected chi connectivity index (χ3v) is 6.91. The van der Waals surface area contributed by atoms with Crippen molar-refractivity contribution in [3.63, 3.8) is 0 Å². The Morgan fingerprint density at radius 1 is 0.900 bits per heavy atom. The van der Waals surface area contributed by atoms with E-state index in [1.54, 1.807) is 0 Å². The van der Waals surface area contributed by atoms with Crippen molar-refractivity contribution in [1.82, 2.24) is 0 Å². The fourth-order valence-corrected chi connectivity index (χ4v) is 4.88. The van der Waals surface area contributed by atoms with Crippen molar-refractivity contribution < 1.29 is 26.7 Å². The summed E-state index contributed by atoms with van der Waals surface area (Å²) in [6.07, 6.45) is 1.34. The Bertz CT molecular complexity index is 620. The topological polar surface area (TPSA) is 9.23 Å². The minimum Gasteiger partial charge on any atom is -0.493 e. The van der Waals surface area contributed by atoms with Gasteiger partial charge in [-0.05, 0) is 54.2 Å². The second-order valence-corrected chi connectivity index (χ2v) is 9.49. The molecule has 0 saturated heterocycles. The minimum absolute atomic E-state index is 0.106. The number of hydrogen-bond donors (Lipinski definition) is 0. The van der Waals surface area contributed by atoms with E-state index in [1.807, 2.05) is 12.1 Å². The fraction of sp³-hybridized carbons (Fsp3) is 0.739. The van der Waals surface area contributed by atoms with Crippen LogP contribution in [-0.2, 0) is 0 Å². The van der Waals surface area contributed by atoms with Gasteiger partial charge in [-0.1, -0.05) is 57.2 Å². The molecule has 7 heteroatoms. The average Bonchev–Trinajstić information content (AvgIpc) is 2.69. The van der Waals surface area contributed by atoms with Gasteiger partial charge in [-0.3, -0.25) is 0 Å². The SMILES string of the molecule is CC1COc2ccccc2C1CCCCCCCCSCCCC(F)(F)C(F)(F)F. The predicted octanol–water partition coefficient (Wildman–Crippen LogP) is 8.24. The fourth-order valence-electron chi connectivity index (χ4n) is 3.92. The first-order valence-corrected chi connectivity index (χ1v) is 12.1. The number of thioether (sulfide) groups is 1. The number of unbranched alkanes of at least 4 members (excludes halogenated alkanes) is 5. The van der Waals surface area contributed by atoms with Gasteiger partial charge in [-0.15, -0.1) is 0 Å². The van der Waals surface area contributed by atoms with E-state index in [4.69, 9.17) is 4.74 Å². The monoisotopic (exact) mass is 452 g/mol. The van der Waals surface area contributed by atoms with E-state index in [-0.39, 0.29) is 6.42 Å². The molecule has 2 atom stereocenters. The number of ether oxygens (including phenoxy) is 1. The molecule has 0 spiro atoms. The lowest BCUT2D eigenvalue weighted by atomic mass is 9.81. The molecule has 0 saturated carbocycles. The molecule has 0 bridgehead atoms. The molecule has 30 heavy (non-hydrogen) atoms. The van der Waals surface area contributed by atoms with Gasteiger partial charge in [0.2, 0.25) is 0 Å². The lowest BCUT2D eigenvalue weighted by molar-refractivity contribution is -0.284. The van der Waals surface area contributed by atoms with Crippen LogP contribution in [0.3, 0.4) is 0 Å². The largest absolute Gasteiger partial charge is 0.493 e. The van der Waals surface area contributed by atoms with Crippen LogP contribution < -0.4 is 4.74 Å². The summed E-state index contributed by atoms with van der Waals surface area (Å²) in [5.41, 5.74) is 1.33. The van der Waals surface area contributed by atoms with Crippen LogP contribution in [0, 0.1) is 5.92 Å². The summed E-state index contributed by atoms with van der Waals surface area (Å²) in [6, 6.07) is 8.32. The maximum Gasteiger partial charge on any atom is 0.453 e. The Morgan fingerprint density at radius 3 is 2.27 bits per heavy atom. The summed E-state index contributed by atoms with van der Waals surface area (Å²) in [4.78, 5) is 0. The number of alkyl halides is 5. The summed E-state index contributed by atoms with van der Waals surface area (Å²) in [5, 5.41) is 0. The van der Waals surface area contributed by atoms with E-state index in [1.165, 1.54) is 43.0 Å². The highest BCUT2D eigenvalue weighted by Crippen LogP contribution is 2.40. The van der Waals surface area contributed by atoms with Crippen LogP contribution in [-0.4, -0.2) is 30.2 Å². The third-order valence-electron chi connectivity index (χ3n) is 5.76. The van der Waals surface area contributed by atoms with Gasteiger partial charge in [0.25, 0.3) is 0 Å². The van der Waals surface area contributed by atoms with E-state index in [2.05, 4.69) is 19.1 Å². The van der Waals surface area contributed by atoms with Gasteiger partial charge in [0, 0.05) is 6.42 Å². The zero-order valence-electron chi connectivity index (χ0n) is 17.7. The van der Waals surface area contributed by atoms with E-state index in [0.717, 1.165) is 37.4 Å². The van der Waals surface area contributed by atoms with Gasteiger partial charge in [0.1, 0.15) is 5.75 Å². The zero-order chi connectivity index (χ0) is 22.0. The smallest absolute Gasteiger partial charge is 0.453 e. The van der Waals surface area contributed by atoms with E-state index in [0.29, 0.717) is 17.6 Å². The van der Waals surface area contributed by atoms with Crippen LogP contribution in [0.1, 0.15) is 76.2 Å². The van der Waals surface area contributed by atoms with E-state index < -0.39 is 18.5 Å². The molecule has 2 rings (SSSR count). The molecule has 0 amide bonds. The van der Waals surface area contributed by atoms with Crippen molar-refractivity contribution in [2.75, 3.05) is 18.1 Å². The standard InChI is InChI=1S/C23H33F5OS/c1-18-17-29-21-13-8-7-12-20(21)19(18)11-6-4-2-3-5-9-15-30-16-10-14-22(24,25)23(26,27)28/h7-8,12-13,18-19H,2-6,9-11,14-17H2,1H3. The second-order valence-electron chi connectivity index (χ2n) is 8.26. The van der Waals surface area contributed by atoms with Crippen LogP contribution >= 0.6 is 11.8 Å². The van der Waals surface area contributed by atoms with Crippen LogP contribution in [0.25, 0.3) is 0 Å². The first-order valence-electron chi connectivity index (χ1n) is 11.0. The molecule has 0 N–H and O–H groups in total. The first kappa shape index (κ1) is 25.3. The van der Waals surface area contributed by atoms with Crippen molar-refractivity contribution in [1.29, 1.82) is 0 Å². The highest BCUT2D eigenvalue weighted by Gasteiger charge is 2.56. The lowest BCUT2D eigenvalue weighted by Gasteiger charge is -2.31. The Morgan fingerprint density at radius 2 is 1.53 bits per heavy atom. The predicted molar refractivity (Wildman–Crippen MR) is 114 cm³/mol. The van der Waals surface area contributed by atoms with Gasteiger partial charge in [0.15, 0.2) is 0 Å². The van der Waals surface area contributed by atoms with Gasteiger partial charge < -0.3 is 4.74 Å². The van der Waals surface area contributed by atoms with Crippen molar-refractivity contribution in [2.45, 2.75) is 82.7 Å². The molecule has 1 aromatic carbocycles. The van der Waals surface area contributed by atoms with Crippen molar-refractivity contribution in [3.8, 4) is 5.75 Å². The molecule has 0 aromatic heterocycles. The molecule has 1 heterocycles. The first-order chi connectivity index (χ1) is 14.2. The summed E-state index contributed by atoms with van der Waals surface area (Å²) in [7, 11) is 0. The molecule has 1 aliphatic rings. The highest BCUT2D eigenvalue weighted by atomic mass is 32.2. The maximum absolute atomic E-state index is 12.8. The van der Waals surface area contributed by atoms with Crippen molar-refractivity contribution in [3.05, 3.63) is 29.8 Å². The van der Waals surface area contributed by atoms with Crippen molar-refractivity contribution >= 4 is 11.8 Å². The lowest BCUT2D eigenvalue weighted by Crippen LogP contribution is -2.36. The quantitative estimate of drug-likeness (QED) is 0.220. The highest BCUT2D eigenvalue weighted by molar-refractivity contribution is 7.99. The van der Waals surface area contributed by atoms with E-state index >= 15 is 0 Å². The normalized spacial score (nSPS) is 19.4. The number of benzene rings is 1. The molecule has 2 unspecified atom stereocenters. The maximum atomic E-state index is 12.8. The molecule has 1 aliphatic heterocycles. The molecule has 172 valence electrons. The number of para-hydroxylation sites is 1. The number of hydrogen-bond acceptors (Lipinski definition) is 2. The molecular weight excluding hydrogens is 419 g/mol. The molecular formula is C23H33F5OS. The third kappa shape index (κ3) is 7.93. The Balaban J connectivity index is 1.46. The minimum atomic E-state index is -5.43. The van der Waals surface area contributed by atoms with Gasteiger partial charge in [0.05, 0.1) is 6.61 Å². The Kier molecular flexibility index (Phi) is 10.2. The Labute approximate surface area is 181 Å². The number of halogens is 5. The summed E-state index contributed by atoms with van der Waals surface area (Å²) in [5.74, 6) is -1.24. The van der Waals surface area contributed by atoms with Crippen LogP contribution in [0.4, 0.5) is 22.0 Å². The summed E-state index contributed by atoms with van der Waals surface area (Å²) >= 11 is 1.47. The molecule has 0 radical (unpaired) electrons. The van der Waals surface area contributed by atoms with Crippen LogP contribution in [0.5, 0.6) is 5.75 Å². The van der Waals surface area contributed by atoms with Gasteiger partial charge in [-0.25, -0.2) is 0 Å². The molecule has 0 aliphatic carbocycles. The summed E-state index contributed by atoms with van der Waals surface area (Å²) in [6.45, 7) is 3.04.